The lowest BCUT2D eigenvalue weighted by atomic mass is 10.3. The molecular weight excluding hydrogens is 184 g/mol. The van der Waals surface area contributed by atoms with E-state index in [2.05, 4.69) is 21.2 Å². The Morgan fingerprint density at radius 1 is 1.71 bits per heavy atom. The van der Waals surface area contributed by atoms with E-state index >= 15 is 0 Å². The van der Waals surface area contributed by atoms with Crippen LogP contribution in [0.5, 0.6) is 0 Å². The molecule has 0 aromatic carbocycles. The molecule has 1 amide bonds. The third-order valence-electron chi connectivity index (χ3n) is 1.47. The number of carbonyl (C=O) groups excluding carboxylic acids is 1. The first-order chi connectivity index (χ1) is 6.69. The van der Waals surface area contributed by atoms with Crippen molar-refractivity contribution in [1.82, 2.24) is 15.6 Å². The second-order valence-electron chi connectivity index (χ2n) is 2.48. The third-order valence-corrected chi connectivity index (χ3v) is 1.47. The Kier molecular flexibility index (Phi) is 3.14. The molecule has 1 aromatic heterocycles. The summed E-state index contributed by atoms with van der Waals surface area (Å²) < 4.78 is 4.66. The molecule has 6 nitrogen and oxygen atoms in total. The number of hydrazine groups is 1. The fraction of sp³-hybridized carbons (Fsp3) is 0.125. The first kappa shape index (κ1) is 10.1. The van der Waals surface area contributed by atoms with Crippen molar-refractivity contribution in [1.29, 1.82) is 0 Å². The van der Waals surface area contributed by atoms with Crippen molar-refractivity contribution < 1.29 is 9.32 Å². The highest BCUT2D eigenvalue weighted by atomic mass is 16.5. The minimum absolute atomic E-state index is 0.167. The Balaban J connectivity index is 2.93. The zero-order chi connectivity index (χ0) is 10.6. The van der Waals surface area contributed by atoms with Crippen molar-refractivity contribution in [3.8, 4) is 0 Å². The summed E-state index contributed by atoms with van der Waals surface area (Å²) in [6, 6.07) is 0. The SMILES string of the molecule is C=C/C=C(\C)c1noc(C(=O)NN)n1. The van der Waals surface area contributed by atoms with Crippen molar-refractivity contribution in [2.24, 2.45) is 5.84 Å². The van der Waals surface area contributed by atoms with Crippen LogP contribution in [-0.4, -0.2) is 16.0 Å². The van der Waals surface area contributed by atoms with Crippen LogP contribution in [0.3, 0.4) is 0 Å². The molecule has 14 heavy (non-hydrogen) atoms. The van der Waals surface area contributed by atoms with E-state index in [4.69, 9.17) is 5.84 Å². The number of nitrogens with two attached hydrogens (primary N) is 1. The lowest BCUT2D eigenvalue weighted by molar-refractivity contribution is 0.0910. The van der Waals surface area contributed by atoms with Gasteiger partial charge in [-0.1, -0.05) is 23.9 Å². The minimum atomic E-state index is -0.616. The zero-order valence-corrected chi connectivity index (χ0v) is 7.65. The Bertz CT molecular complexity index is 380. The maximum absolute atomic E-state index is 10.9. The molecule has 0 atom stereocenters. The molecule has 1 aromatic rings. The molecule has 74 valence electrons. The quantitative estimate of drug-likeness (QED) is 0.311. The Morgan fingerprint density at radius 3 is 3.00 bits per heavy atom. The van der Waals surface area contributed by atoms with Crippen LogP contribution in [0.15, 0.2) is 23.3 Å². The molecule has 1 rings (SSSR count). The number of nitrogen functional groups attached to an aromatic ring is 1. The fourth-order valence-electron chi connectivity index (χ4n) is 0.789. The summed E-state index contributed by atoms with van der Waals surface area (Å²) in [5, 5.41) is 3.59. The van der Waals surface area contributed by atoms with Gasteiger partial charge in [-0.25, -0.2) is 5.84 Å². The van der Waals surface area contributed by atoms with E-state index in [1.807, 2.05) is 5.43 Å². The number of aromatic nitrogens is 2. The summed E-state index contributed by atoms with van der Waals surface area (Å²) in [6.07, 6.45) is 3.29. The van der Waals surface area contributed by atoms with Gasteiger partial charge in [-0.3, -0.25) is 10.2 Å². The summed E-state index contributed by atoms with van der Waals surface area (Å²) in [5.41, 5.74) is 2.64. The predicted molar refractivity (Wildman–Crippen MR) is 49.8 cm³/mol. The van der Waals surface area contributed by atoms with Crippen LogP contribution in [0.25, 0.3) is 5.57 Å². The van der Waals surface area contributed by atoms with Gasteiger partial charge in [-0.2, -0.15) is 4.98 Å². The van der Waals surface area contributed by atoms with Crippen LogP contribution in [0.4, 0.5) is 0 Å². The molecule has 0 unspecified atom stereocenters. The van der Waals surface area contributed by atoms with Gasteiger partial charge >= 0.3 is 11.8 Å². The van der Waals surface area contributed by atoms with Crippen LogP contribution in [0, 0.1) is 0 Å². The van der Waals surface area contributed by atoms with E-state index in [1.54, 1.807) is 19.1 Å². The molecular formula is C8H10N4O2. The number of amides is 1. The van der Waals surface area contributed by atoms with Gasteiger partial charge in [0, 0.05) is 0 Å². The van der Waals surface area contributed by atoms with Crippen molar-refractivity contribution in [3.05, 3.63) is 30.4 Å². The maximum atomic E-state index is 10.9. The number of rotatable bonds is 3. The molecule has 0 aliphatic carbocycles. The van der Waals surface area contributed by atoms with Gasteiger partial charge in [0.05, 0.1) is 0 Å². The molecule has 0 fully saturated rings. The summed E-state index contributed by atoms with van der Waals surface area (Å²) >= 11 is 0. The van der Waals surface area contributed by atoms with Gasteiger partial charge < -0.3 is 4.52 Å². The average Bonchev–Trinajstić information content (AvgIpc) is 2.66. The fourth-order valence-corrected chi connectivity index (χ4v) is 0.789. The topological polar surface area (TPSA) is 94.0 Å². The lowest BCUT2D eigenvalue weighted by Gasteiger charge is -1.89. The molecule has 0 saturated carbocycles. The highest BCUT2D eigenvalue weighted by Crippen LogP contribution is 2.09. The van der Waals surface area contributed by atoms with E-state index in [9.17, 15) is 4.79 Å². The molecule has 0 bridgehead atoms. The number of carbonyl (C=O) groups is 1. The lowest BCUT2D eigenvalue weighted by Crippen LogP contribution is -2.30. The number of nitrogens with zero attached hydrogens (tertiary/aromatic N) is 2. The molecule has 0 spiro atoms. The highest BCUT2D eigenvalue weighted by molar-refractivity contribution is 5.89. The summed E-state index contributed by atoms with van der Waals surface area (Å²) in [5.74, 6) is 4.44. The van der Waals surface area contributed by atoms with Gasteiger partial charge in [-0.05, 0) is 12.5 Å². The van der Waals surface area contributed by atoms with Gasteiger partial charge in [-0.15, -0.1) is 0 Å². The Labute approximate surface area is 80.4 Å². The summed E-state index contributed by atoms with van der Waals surface area (Å²) in [6.45, 7) is 5.30. The molecule has 0 aliphatic rings. The standard InChI is InChI=1S/C8H10N4O2/c1-3-4-5(2)6-10-8(14-12-6)7(13)11-9/h3-4H,1,9H2,2H3,(H,11,13)/b5-4+. The van der Waals surface area contributed by atoms with E-state index in [1.165, 1.54) is 0 Å². The molecule has 0 aliphatic heterocycles. The van der Waals surface area contributed by atoms with Gasteiger partial charge in [0.1, 0.15) is 0 Å². The highest BCUT2D eigenvalue weighted by Gasteiger charge is 2.13. The normalized spacial score (nSPS) is 11.1. The van der Waals surface area contributed by atoms with Crippen molar-refractivity contribution in [2.75, 3.05) is 0 Å². The molecule has 0 radical (unpaired) electrons. The first-order valence-electron chi connectivity index (χ1n) is 3.83. The smallest absolute Gasteiger partial charge is 0.323 e. The van der Waals surface area contributed by atoms with Crippen LogP contribution >= 0.6 is 0 Å². The first-order valence-corrected chi connectivity index (χ1v) is 3.83. The second-order valence-corrected chi connectivity index (χ2v) is 2.48. The second kappa shape index (κ2) is 4.33. The number of hydrogen-bond acceptors (Lipinski definition) is 5. The van der Waals surface area contributed by atoms with Crippen LogP contribution in [0.2, 0.25) is 0 Å². The van der Waals surface area contributed by atoms with Crippen molar-refractivity contribution in [2.45, 2.75) is 6.92 Å². The van der Waals surface area contributed by atoms with Crippen LogP contribution < -0.4 is 11.3 Å². The predicted octanol–water partition coefficient (Wildman–Crippen LogP) is 0.262. The third kappa shape index (κ3) is 2.05. The van der Waals surface area contributed by atoms with E-state index in [-0.39, 0.29) is 5.89 Å². The monoisotopic (exact) mass is 194 g/mol. The Morgan fingerprint density at radius 2 is 2.43 bits per heavy atom. The summed E-state index contributed by atoms with van der Waals surface area (Å²) in [7, 11) is 0. The van der Waals surface area contributed by atoms with E-state index in [0.29, 0.717) is 5.82 Å². The van der Waals surface area contributed by atoms with E-state index in [0.717, 1.165) is 5.57 Å². The number of allylic oxidation sites excluding steroid dienone is 3. The minimum Gasteiger partial charge on any atom is -0.328 e. The summed E-state index contributed by atoms with van der Waals surface area (Å²) in [4.78, 5) is 14.7. The van der Waals surface area contributed by atoms with Gasteiger partial charge in [0.25, 0.3) is 0 Å². The van der Waals surface area contributed by atoms with Gasteiger partial charge in [0.15, 0.2) is 5.82 Å². The van der Waals surface area contributed by atoms with Crippen molar-refractivity contribution in [3.63, 3.8) is 0 Å². The maximum Gasteiger partial charge on any atom is 0.323 e. The average molecular weight is 194 g/mol. The van der Waals surface area contributed by atoms with Crippen LogP contribution in [-0.2, 0) is 0 Å². The Hall–Kier alpha value is -1.95. The number of hydrogen-bond donors (Lipinski definition) is 2. The largest absolute Gasteiger partial charge is 0.328 e. The van der Waals surface area contributed by atoms with Gasteiger partial charge in [0.2, 0.25) is 0 Å². The zero-order valence-electron chi connectivity index (χ0n) is 7.65. The van der Waals surface area contributed by atoms with Crippen LogP contribution in [0.1, 0.15) is 23.4 Å². The number of nitrogens with one attached hydrogen (secondary N) is 1. The molecule has 1 heterocycles. The molecule has 0 saturated heterocycles. The molecule has 6 heteroatoms. The molecule has 3 N–H and O–H groups in total. The van der Waals surface area contributed by atoms with E-state index < -0.39 is 5.91 Å². The van der Waals surface area contributed by atoms with Crippen molar-refractivity contribution >= 4 is 11.5 Å².